The van der Waals surface area contributed by atoms with Crippen molar-refractivity contribution >= 4 is 5.91 Å². The van der Waals surface area contributed by atoms with Gasteiger partial charge in [0.25, 0.3) is 0 Å². The molecule has 1 fully saturated rings. The Bertz CT molecular complexity index is 377. The Kier molecular flexibility index (Phi) is 6.33. The fraction of sp³-hybridized carbons (Fsp3) is 0.706. The van der Waals surface area contributed by atoms with Gasteiger partial charge in [-0.1, -0.05) is 56.9 Å². The summed E-state index contributed by atoms with van der Waals surface area (Å²) in [6.07, 6.45) is 6.99. The molecule has 1 rings (SSSR count). The summed E-state index contributed by atoms with van der Waals surface area (Å²) in [5.41, 5.74) is 4.69. The number of amides is 1. The molecule has 1 amide bonds. The average molecular weight is 263 g/mol. The first-order valence-corrected chi connectivity index (χ1v) is 7.66. The van der Waals surface area contributed by atoms with Gasteiger partial charge in [0.05, 0.1) is 0 Å². The summed E-state index contributed by atoms with van der Waals surface area (Å²) in [4.78, 5) is 11.1. The maximum absolute atomic E-state index is 11.1. The summed E-state index contributed by atoms with van der Waals surface area (Å²) in [6, 6.07) is 0. The van der Waals surface area contributed by atoms with Crippen LogP contribution in [0, 0.1) is 11.8 Å². The summed E-state index contributed by atoms with van der Waals surface area (Å²) in [7, 11) is 0. The lowest BCUT2D eigenvalue weighted by atomic mass is 9.69. The molecule has 0 saturated heterocycles. The van der Waals surface area contributed by atoms with Crippen LogP contribution in [0.3, 0.4) is 0 Å². The summed E-state index contributed by atoms with van der Waals surface area (Å²) in [6.45, 7) is 11.4. The Hall–Kier alpha value is -1.05. The second-order valence-electron chi connectivity index (χ2n) is 5.79. The maximum atomic E-state index is 11.1. The lowest BCUT2D eigenvalue weighted by Crippen LogP contribution is -2.35. The number of carbonyl (C=O) groups excluding carboxylic acids is 1. The number of rotatable bonds is 6. The summed E-state index contributed by atoms with van der Waals surface area (Å²) < 4.78 is 0. The third-order valence-electron chi connectivity index (χ3n) is 4.00. The van der Waals surface area contributed by atoms with Gasteiger partial charge in [0.15, 0.2) is 0 Å². The Balaban J connectivity index is 2.86. The van der Waals surface area contributed by atoms with E-state index in [0.717, 1.165) is 25.8 Å². The smallest absolute Gasteiger partial charge is 0.216 e. The third kappa shape index (κ3) is 4.22. The first-order chi connectivity index (χ1) is 9.01. The molecule has 0 aromatic heterocycles. The van der Waals surface area contributed by atoms with Gasteiger partial charge in [0, 0.05) is 19.4 Å². The number of nitrogens with one attached hydrogen (secondary N) is 1. The highest BCUT2D eigenvalue weighted by molar-refractivity contribution is 5.73. The quantitative estimate of drug-likeness (QED) is 0.714. The summed E-state index contributed by atoms with van der Waals surface area (Å²) in [5.74, 6) is 1.16. The summed E-state index contributed by atoms with van der Waals surface area (Å²) in [5, 5.41) is 2.99. The minimum atomic E-state index is 0.0729. The third-order valence-corrected chi connectivity index (χ3v) is 4.00. The van der Waals surface area contributed by atoms with E-state index in [2.05, 4.69) is 39.1 Å². The molecule has 19 heavy (non-hydrogen) atoms. The second-order valence-corrected chi connectivity index (χ2v) is 5.79. The van der Waals surface area contributed by atoms with Crippen molar-refractivity contribution in [2.75, 3.05) is 6.54 Å². The molecule has 0 spiro atoms. The Morgan fingerprint density at radius 2 is 2.11 bits per heavy atom. The van der Waals surface area contributed by atoms with Crippen molar-refractivity contribution in [3.8, 4) is 0 Å². The molecule has 2 heteroatoms. The zero-order chi connectivity index (χ0) is 14.4. The van der Waals surface area contributed by atoms with E-state index in [-0.39, 0.29) is 5.91 Å². The fourth-order valence-electron chi connectivity index (χ4n) is 2.95. The molecular weight excluding hydrogens is 234 g/mol. The first kappa shape index (κ1) is 16.0. The normalized spacial score (nSPS) is 23.5. The topological polar surface area (TPSA) is 29.1 Å². The molecule has 1 aliphatic carbocycles. The number of hydrogen-bond donors (Lipinski definition) is 1. The molecular formula is C17H29NO. The molecule has 1 atom stereocenters. The molecule has 1 saturated carbocycles. The van der Waals surface area contributed by atoms with E-state index >= 15 is 0 Å². The van der Waals surface area contributed by atoms with Crippen LogP contribution in [0.25, 0.3) is 0 Å². The van der Waals surface area contributed by atoms with Gasteiger partial charge in [-0.3, -0.25) is 4.79 Å². The largest absolute Gasteiger partial charge is 0.355 e. The first-order valence-electron chi connectivity index (χ1n) is 7.66. The van der Waals surface area contributed by atoms with Gasteiger partial charge in [-0.05, 0) is 25.2 Å². The van der Waals surface area contributed by atoms with Crippen molar-refractivity contribution in [1.82, 2.24) is 5.32 Å². The molecule has 0 aromatic rings. The van der Waals surface area contributed by atoms with Crippen molar-refractivity contribution < 1.29 is 4.79 Å². The monoisotopic (exact) mass is 263 g/mol. The lowest BCUT2D eigenvalue weighted by molar-refractivity contribution is -0.119. The van der Waals surface area contributed by atoms with Crippen LogP contribution in [-0.4, -0.2) is 12.5 Å². The number of hydrogen-bond acceptors (Lipinski definition) is 1. The number of allylic oxidation sites excluding steroid dienone is 2. The van der Waals surface area contributed by atoms with Gasteiger partial charge in [-0.2, -0.15) is 0 Å². The SMILES string of the molecule is CCC/C=C1/C/C(=C(\CC)C(C)C)C1CNC(C)=O. The predicted molar refractivity (Wildman–Crippen MR) is 81.9 cm³/mol. The van der Waals surface area contributed by atoms with Crippen molar-refractivity contribution in [1.29, 1.82) is 0 Å². The Labute approximate surface area is 118 Å². The highest BCUT2D eigenvalue weighted by Crippen LogP contribution is 2.43. The molecule has 108 valence electrons. The van der Waals surface area contributed by atoms with E-state index in [1.54, 1.807) is 18.1 Å². The maximum Gasteiger partial charge on any atom is 0.216 e. The average Bonchev–Trinajstić information content (AvgIpc) is 2.31. The van der Waals surface area contributed by atoms with Crippen molar-refractivity contribution in [3.05, 3.63) is 22.8 Å². The van der Waals surface area contributed by atoms with E-state index in [0.29, 0.717) is 11.8 Å². The van der Waals surface area contributed by atoms with E-state index < -0.39 is 0 Å². The molecule has 2 nitrogen and oxygen atoms in total. The van der Waals surface area contributed by atoms with Crippen molar-refractivity contribution in [2.45, 2.75) is 60.3 Å². The van der Waals surface area contributed by atoms with E-state index in [1.807, 2.05) is 0 Å². The highest BCUT2D eigenvalue weighted by Gasteiger charge is 2.32. The van der Waals surface area contributed by atoms with Crippen LogP contribution in [0.4, 0.5) is 0 Å². The molecule has 0 radical (unpaired) electrons. The molecule has 0 aliphatic heterocycles. The second kappa shape index (κ2) is 7.52. The predicted octanol–water partition coefficient (Wildman–Crippen LogP) is 4.23. The van der Waals surface area contributed by atoms with Crippen molar-refractivity contribution in [3.63, 3.8) is 0 Å². The fourth-order valence-corrected chi connectivity index (χ4v) is 2.95. The van der Waals surface area contributed by atoms with Gasteiger partial charge >= 0.3 is 0 Å². The highest BCUT2D eigenvalue weighted by atomic mass is 16.1. The van der Waals surface area contributed by atoms with Gasteiger partial charge in [-0.15, -0.1) is 0 Å². The van der Waals surface area contributed by atoms with E-state index in [1.165, 1.54) is 12.0 Å². The van der Waals surface area contributed by atoms with Gasteiger partial charge in [0.1, 0.15) is 0 Å². The van der Waals surface area contributed by atoms with Gasteiger partial charge in [-0.25, -0.2) is 0 Å². The minimum absolute atomic E-state index is 0.0729. The van der Waals surface area contributed by atoms with Crippen LogP contribution in [0.5, 0.6) is 0 Å². The Morgan fingerprint density at radius 3 is 2.58 bits per heavy atom. The number of carbonyl (C=O) groups is 1. The van der Waals surface area contributed by atoms with E-state index in [9.17, 15) is 4.79 Å². The van der Waals surface area contributed by atoms with Crippen molar-refractivity contribution in [2.24, 2.45) is 11.8 Å². The molecule has 1 unspecified atom stereocenters. The molecule has 0 heterocycles. The Morgan fingerprint density at radius 1 is 1.42 bits per heavy atom. The van der Waals surface area contributed by atoms with Gasteiger partial charge < -0.3 is 5.32 Å². The van der Waals surface area contributed by atoms with Crippen LogP contribution < -0.4 is 5.32 Å². The van der Waals surface area contributed by atoms with Crippen LogP contribution in [0.15, 0.2) is 22.8 Å². The van der Waals surface area contributed by atoms with Crippen LogP contribution >= 0.6 is 0 Å². The molecule has 0 aromatic carbocycles. The molecule has 1 aliphatic rings. The lowest BCUT2D eigenvalue weighted by Gasteiger charge is -2.37. The number of unbranched alkanes of at least 4 members (excludes halogenated alkanes) is 1. The molecule has 0 bridgehead atoms. The standard InChI is InChI=1S/C17H29NO/c1-6-8-9-14-10-16(15(7-2)12(3)4)17(14)11-18-13(5)19/h9,12,17H,6-8,10-11H2,1-5H3,(H,18,19)/b14-9-,16-15-. The zero-order valence-electron chi connectivity index (χ0n) is 13.2. The zero-order valence-corrected chi connectivity index (χ0v) is 13.2. The summed E-state index contributed by atoms with van der Waals surface area (Å²) >= 11 is 0. The van der Waals surface area contributed by atoms with Crippen LogP contribution in [0.1, 0.15) is 60.3 Å². The molecule has 1 N–H and O–H groups in total. The van der Waals surface area contributed by atoms with Crippen LogP contribution in [-0.2, 0) is 4.79 Å². The van der Waals surface area contributed by atoms with Crippen LogP contribution in [0.2, 0.25) is 0 Å². The minimum Gasteiger partial charge on any atom is -0.355 e. The van der Waals surface area contributed by atoms with Gasteiger partial charge in [0.2, 0.25) is 5.91 Å². The van der Waals surface area contributed by atoms with E-state index in [4.69, 9.17) is 0 Å².